The molecule has 0 bridgehead atoms. The van der Waals surface area contributed by atoms with E-state index in [1.807, 2.05) is 64.1 Å². The second kappa shape index (κ2) is 13.1. The summed E-state index contributed by atoms with van der Waals surface area (Å²) in [7, 11) is 0. The summed E-state index contributed by atoms with van der Waals surface area (Å²) in [5, 5.41) is 3.46. The highest BCUT2D eigenvalue weighted by atomic mass is 35.5. The van der Waals surface area contributed by atoms with E-state index in [9.17, 15) is 9.59 Å². The molecule has 0 aliphatic heterocycles. The van der Waals surface area contributed by atoms with E-state index in [0.717, 1.165) is 11.1 Å². The molecule has 2 amide bonds. The predicted molar refractivity (Wildman–Crippen MR) is 132 cm³/mol. The molecule has 2 aromatic rings. The number of rotatable bonds is 12. The van der Waals surface area contributed by atoms with Crippen LogP contribution < -0.4 is 14.8 Å². The van der Waals surface area contributed by atoms with Gasteiger partial charge in [-0.05, 0) is 70.4 Å². The fraction of sp³-hybridized carbons (Fsp3) is 0.462. The van der Waals surface area contributed by atoms with Gasteiger partial charge in [0.25, 0.3) is 0 Å². The summed E-state index contributed by atoms with van der Waals surface area (Å²) in [6.45, 7) is 10.7. The number of nitrogens with zero attached hydrogens (tertiary/aromatic N) is 1. The maximum Gasteiger partial charge on any atom is 0.242 e. The van der Waals surface area contributed by atoms with Crippen molar-refractivity contribution < 1.29 is 19.1 Å². The maximum atomic E-state index is 13.3. The van der Waals surface area contributed by atoms with Crippen LogP contribution in [-0.2, 0) is 22.6 Å². The first kappa shape index (κ1) is 26.5. The zero-order valence-corrected chi connectivity index (χ0v) is 20.9. The molecule has 0 heterocycles. The van der Waals surface area contributed by atoms with Crippen molar-refractivity contribution in [1.82, 2.24) is 10.2 Å². The van der Waals surface area contributed by atoms with Crippen molar-refractivity contribution >= 4 is 23.4 Å². The van der Waals surface area contributed by atoms with Crippen LogP contribution in [0.5, 0.6) is 11.5 Å². The molecule has 0 radical (unpaired) electrons. The van der Waals surface area contributed by atoms with Crippen LogP contribution in [0.4, 0.5) is 0 Å². The van der Waals surface area contributed by atoms with E-state index in [0.29, 0.717) is 36.2 Å². The number of hydrogen-bond donors (Lipinski definition) is 1. The van der Waals surface area contributed by atoms with Gasteiger partial charge >= 0.3 is 0 Å². The van der Waals surface area contributed by atoms with Crippen molar-refractivity contribution in [2.75, 3.05) is 13.2 Å². The van der Waals surface area contributed by atoms with E-state index in [-0.39, 0.29) is 30.8 Å². The lowest BCUT2D eigenvalue weighted by Crippen LogP contribution is -2.49. The Morgan fingerprint density at radius 3 is 2.30 bits per heavy atom. The highest BCUT2D eigenvalue weighted by Crippen LogP contribution is 2.29. The third-order valence-corrected chi connectivity index (χ3v) is 5.50. The topological polar surface area (TPSA) is 67.9 Å². The third-order valence-electron chi connectivity index (χ3n) is 5.13. The number of carbonyl (C=O) groups is 2. The Morgan fingerprint density at radius 2 is 1.67 bits per heavy atom. The number of benzene rings is 2. The van der Waals surface area contributed by atoms with Crippen LogP contribution in [0, 0.1) is 0 Å². The molecular weight excluding hydrogens is 440 g/mol. The smallest absolute Gasteiger partial charge is 0.242 e. The number of amides is 2. The Kier molecular flexibility index (Phi) is 10.5. The second-order valence-corrected chi connectivity index (χ2v) is 8.51. The van der Waals surface area contributed by atoms with Gasteiger partial charge in [0.05, 0.1) is 13.2 Å². The van der Waals surface area contributed by atoms with Crippen LogP contribution in [0.2, 0.25) is 5.02 Å². The van der Waals surface area contributed by atoms with E-state index in [2.05, 4.69) is 5.32 Å². The van der Waals surface area contributed by atoms with E-state index >= 15 is 0 Å². The summed E-state index contributed by atoms with van der Waals surface area (Å²) in [5.41, 5.74) is 1.77. The summed E-state index contributed by atoms with van der Waals surface area (Å²) in [6, 6.07) is 12.4. The highest BCUT2D eigenvalue weighted by Gasteiger charge is 2.27. The van der Waals surface area contributed by atoms with E-state index in [1.165, 1.54) is 0 Å². The predicted octanol–water partition coefficient (Wildman–Crippen LogP) is 5.01. The van der Waals surface area contributed by atoms with Gasteiger partial charge in [-0.15, -0.1) is 0 Å². The zero-order valence-electron chi connectivity index (χ0n) is 20.2. The lowest BCUT2D eigenvalue weighted by Gasteiger charge is -2.29. The molecule has 2 aromatic carbocycles. The molecular formula is C26H35ClN2O4. The van der Waals surface area contributed by atoms with E-state index in [4.69, 9.17) is 21.1 Å². The molecule has 0 fully saturated rings. The van der Waals surface area contributed by atoms with Crippen molar-refractivity contribution in [2.24, 2.45) is 0 Å². The summed E-state index contributed by atoms with van der Waals surface area (Å²) in [4.78, 5) is 27.6. The van der Waals surface area contributed by atoms with Crippen LogP contribution in [0.15, 0.2) is 42.5 Å². The molecule has 1 atom stereocenters. The first-order valence-electron chi connectivity index (χ1n) is 11.5. The molecule has 180 valence electrons. The summed E-state index contributed by atoms with van der Waals surface area (Å²) in [6.07, 6.45) is 0.770. The Hall–Kier alpha value is -2.73. The van der Waals surface area contributed by atoms with Crippen molar-refractivity contribution in [3.8, 4) is 11.5 Å². The molecule has 0 aliphatic rings. The second-order valence-electron chi connectivity index (χ2n) is 8.10. The minimum Gasteiger partial charge on any atom is -0.490 e. The normalized spacial score (nSPS) is 11.7. The van der Waals surface area contributed by atoms with Gasteiger partial charge in [-0.3, -0.25) is 9.59 Å². The van der Waals surface area contributed by atoms with Gasteiger partial charge in [-0.1, -0.05) is 35.9 Å². The summed E-state index contributed by atoms with van der Waals surface area (Å²) < 4.78 is 11.3. The Balaban J connectivity index is 2.19. The molecule has 0 spiro atoms. The van der Waals surface area contributed by atoms with Gasteiger partial charge in [0.1, 0.15) is 6.04 Å². The average molecular weight is 475 g/mol. The molecule has 2 rings (SSSR count). The largest absolute Gasteiger partial charge is 0.490 e. The van der Waals surface area contributed by atoms with Crippen LogP contribution in [0.1, 0.15) is 52.2 Å². The summed E-state index contributed by atoms with van der Waals surface area (Å²) >= 11 is 6.34. The maximum absolute atomic E-state index is 13.3. The molecule has 0 saturated carbocycles. The van der Waals surface area contributed by atoms with Gasteiger partial charge < -0.3 is 19.7 Å². The third kappa shape index (κ3) is 7.97. The van der Waals surface area contributed by atoms with Crippen LogP contribution in [-0.4, -0.2) is 42.0 Å². The number of nitrogens with one attached hydrogen (secondary N) is 1. The fourth-order valence-corrected chi connectivity index (χ4v) is 3.64. The Bertz CT molecular complexity index is 932. The minimum absolute atomic E-state index is 0.0157. The SMILES string of the molecule is CCOc1ccc(CCC(=O)N(Cc2ccccc2Cl)[C@H](C)C(=O)NC(C)C)cc1OCC. The van der Waals surface area contributed by atoms with Crippen LogP contribution >= 0.6 is 11.6 Å². The molecule has 6 nitrogen and oxygen atoms in total. The molecule has 0 aromatic heterocycles. The number of carbonyl (C=O) groups excluding carboxylic acids is 2. The fourth-order valence-electron chi connectivity index (χ4n) is 3.44. The van der Waals surface area contributed by atoms with Gasteiger partial charge in [-0.2, -0.15) is 0 Å². The molecule has 0 unspecified atom stereocenters. The van der Waals surface area contributed by atoms with Gasteiger partial charge in [0.15, 0.2) is 11.5 Å². The zero-order chi connectivity index (χ0) is 24.4. The van der Waals surface area contributed by atoms with E-state index in [1.54, 1.807) is 17.9 Å². The average Bonchev–Trinajstić information content (AvgIpc) is 2.78. The van der Waals surface area contributed by atoms with Gasteiger partial charge in [0.2, 0.25) is 11.8 Å². The molecule has 33 heavy (non-hydrogen) atoms. The minimum atomic E-state index is -0.629. The Labute approximate surface area is 202 Å². The standard InChI is InChI=1S/C26H35ClN2O4/c1-6-32-23-14-12-20(16-24(23)33-7-2)13-15-25(30)29(19(5)26(31)28-18(3)4)17-21-10-8-9-11-22(21)27/h8-12,14,16,18-19H,6-7,13,15,17H2,1-5H3,(H,28,31)/t19-/m1/s1. The molecule has 1 N–H and O–H groups in total. The Morgan fingerprint density at radius 1 is 1.00 bits per heavy atom. The first-order valence-corrected chi connectivity index (χ1v) is 11.9. The van der Waals surface area contributed by atoms with Crippen molar-refractivity contribution in [3.05, 3.63) is 58.6 Å². The molecule has 7 heteroatoms. The number of hydrogen-bond acceptors (Lipinski definition) is 4. The monoisotopic (exact) mass is 474 g/mol. The number of halogens is 1. The lowest BCUT2D eigenvalue weighted by molar-refractivity contribution is -0.140. The first-order chi connectivity index (χ1) is 15.8. The quantitative estimate of drug-likeness (QED) is 0.469. The van der Waals surface area contributed by atoms with Crippen molar-refractivity contribution in [1.29, 1.82) is 0 Å². The van der Waals surface area contributed by atoms with Gasteiger partial charge in [-0.25, -0.2) is 0 Å². The van der Waals surface area contributed by atoms with Gasteiger partial charge in [0, 0.05) is 24.0 Å². The van der Waals surface area contributed by atoms with Crippen LogP contribution in [0.25, 0.3) is 0 Å². The van der Waals surface area contributed by atoms with Crippen molar-refractivity contribution in [2.45, 2.75) is 66.1 Å². The van der Waals surface area contributed by atoms with Crippen molar-refractivity contribution in [3.63, 3.8) is 0 Å². The summed E-state index contributed by atoms with van der Waals surface area (Å²) in [5.74, 6) is 1.05. The van der Waals surface area contributed by atoms with Crippen LogP contribution in [0.3, 0.4) is 0 Å². The number of ether oxygens (including phenoxy) is 2. The number of aryl methyl sites for hydroxylation is 1. The molecule has 0 aliphatic carbocycles. The van der Waals surface area contributed by atoms with E-state index < -0.39 is 6.04 Å². The lowest BCUT2D eigenvalue weighted by atomic mass is 10.1. The highest BCUT2D eigenvalue weighted by molar-refractivity contribution is 6.31. The molecule has 0 saturated heterocycles.